The number of amides is 2. The Hall–Kier alpha value is -3.49. The number of aromatic nitrogens is 4. The Labute approximate surface area is 166 Å². The van der Waals surface area contributed by atoms with E-state index in [1.807, 2.05) is 39.1 Å². The van der Waals surface area contributed by atoms with E-state index in [0.29, 0.717) is 18.5 Å². The molecule has 1 aromatic carbocycles. The molecule has 3 heterocycles. The van der Waals surface area contributed by atoms with Crippen molar-refractivity contribution in [3.63, 3.8) is 0 Å². The molecule has 0 bridgehead atoms. The average Bonchev–Trinajstić information content (AvgIpc) is 3.11. The standard InChI is InChI=1S/C20H21N5O4/c1-10-18(11(2)25(22-10)9-17(27)28)12-4-5-13-15(8-12)24(3)23-19(13)14-6-7-16(26)21-20(14)29/h4-5,8,14H,6-7,9H2,1-3H3,(H,27,28)(H,21,26,29). The van der Waals surface area contributed by atoms with Crippen LogP contribution in [-0.4, -0.2) is 42.5 Å². The van der Waals surface area contributed by atoms with Gasteiger partial charge in [-0.2, -0.15) is 10.2 Å². The van der Waals surface area contributed by atoms with Crippen LogP contribution in [0.4, 0.5) is 0 Å². The molecule has 3 aromatic rings. The lowest BCUT2D eigenvalue weighted by atomic mass is 9.92. The Kier molecular flexibility index (Phi) is 4.45. The zero-order valence-electron chi connectivity index (χ0n) is 16.4. The molecule has 1 unspecified atom stereocenters. The molecule has 2 N–H and O–H groups in total. The molecule has 1 atom stereocenters. The summed E-state index contributed by atoms with van der Waals surface area (Å²) in [6.45, 7) is 3.50. The van der Waals surface area contributed by atoms with Crippen LogP contribution in [0.3, 0.4) is 0 Å². The van der Waals surface area contributed by atoms with E-state index in [1.54, 1.807) is 4.68 Å². The van der Waals surface area contributed by atoms with Gasteiger partial charge in [-0.3, -0.25) is 29.1 Å². The van der Waals surface area contributed by atoms with Crippen LogP contribution in [-0.2, 0) is 28.0 Å². The summed E-state index contributed by atoms with van der Waals surface area (Å²) in [6, 6.07) is 5.82. The fourth-order valence-corrected chi connectivity index (χ4v) is 4.05. The van der Waals surface area contributed by atoms with Gasteiger partial charge in [-0.05, 0) is 31.9 Å². The van der Waals surface area contributed by atoms with Crippen LogP contribution >= 0.6 is 0 Å². The van der Waals surface area contributed by atoms with Crippen molar-refractivity contribution >= 4 is 28.7 Å². The average molecular weight is 395 g/mol. The maximum atomic E-state index is 12.3. The first-order valence-corrected chi connectivity index (χ1v) is 9.32. The van der Waals surface area contributed by atoms with Crippen molar-refractivity contribution < 1.29 is 19.5 Å². The van der Waals surface area contributed by atoms with Gasteiger partial charge in [0.15, 0.2) is 0 Å². The molecule has 9 heteroatoms. The van der Waals surface area contributed by atoms with Gasteiger partial charge in [-0.25, -0.2) is 0 Å². The monoisotopic (exact) mass is 395 g/mol. The summed E-state index contributed by atoms with van der Waals surface area (Å²) >= 11 is 0. The predicted molar refractivity (Wildman–Crippen MR) is 104 cm³/mol. The molecule has 4 rings (SSSR count). The van der Waals surface area contributed by atoms with Crippen LogP contribution in [0.25, 0.3) is 22.0 Å². The van der Waals surface area contributed by atoms with E-state index in [1.165, 1.54) is 4.68 Å². The van der Waals surface area contributed by atoms with E-state index in [4.69, 9.17) is 5.11 Å². The van der Waals surface area contributed by atoms with Gasteiger partial charge in [-0.15, -0.1) is 0 Å². The Morgan fingerprint density at radius 3 is 2.72 bits per heavy atom. The maximum absolute atomic E-state index is 12.3. The van der Waals surface area contributed by atoms with Crippen molar-refractivity contribution in [2.75, 3.05) is 0 Å². The molecule has 0 radical (unpaired) electrons. The molecule has 0 spiro atoms. The van der Waals surface area contributed by atoms with E-state index in [0.717, 1.165) is 33.4 Å². The first-order chi connectivity index (χ1) is 13.8. The van der Waals surface area contributed by atoms with E-state index < -0.39 is 11.9 Å². The van der Waals surface area contributed by atoms with E-state index in [2.05, 4.69) is 15.5 Å². The van der Waals surface area contributed by atoms with Crippen LogP contribution in [0.2, 0.25) is 0 Å². The molecule has 150 valence electrons. The number of carbonyl (C=O) groups is 3. The highest BCUT2D eigenvalue weighted by Gasteiger charge is 2.31. The molecular formula is C20H21N5O4. The number of rotatable bonds is 4. The molecule has 2 aromatic heterocycles. The highest BCUT2D eigenvalue weighted by atomic mass is 16.4. The van der Waals surface area contributed by atoms with Gasteiger partial charge >= 0.3 is 5.97 Å². The number of aryl methyl sites for hydroxylation is 2. The van der Waals surface area contributed by atoms with Crippen LogP contribution in [0.15, 0.2) is 18.2 Å². The topological polar surface area (TPSA) is 119 Å². The molecule has 1 aliphatic rings. The lowest BCUT2D eigenvalue weighted by Gasteiger charge is -2.19. The second kappa shape index (κ2) is 6.84. The van der Waals surface area contributed by atoms with Crippen molar-refractivity contribution in [2.45, 2.75) is 39.2 Å². The van der Waals surface area contributed by atoms with Crippen molar-refractivity contribution in [3.05, 3.63) is 35.3 Å². The van der Waals surface area contributed by atoms with Crippen LogP contribution in [0.5, 0.6) is 0 Å². The minimum Gasteiger partial charge on any atom is -0.480 e. The summed E-state index contributed by atoms with van der Waals surface area (Å²) in [6.07, 6.45) is 0.742. The van der Waals surface area contributed by atoms with Gasteiger partial charge in [0.2, 0.25) is 11.8 Å². The van der Waals surface area contributed by atoms with Gasteiger partial charge in [-0.1, -0.05) is 12.1 Å². The van der Waals surface area contributed by atoms with Gasteiger partial charge in [0.1, 0.15) is 6.54 Å². The number of benzene rings is 1. The summed E-state index contributed by atoms with van der Waals surface area (Å²) in [5, 5.41) is 21.2. The number of carboxylic acid groups (broad SMARTS) is 1. The zero-order chi connectivity index (χ0) is 20.9. The SMILES string of the molecule is Cc1nn(CC(=O)O)c(C)c1-c1ccc2c(C3CCC(=O)NC3=O)nn(C)c2c1. The van der Waals surface area contributed by atoms with E-state index >= 15 is 0 Å². The fourth-order valence-electron chi connectivity index (χ4n) is 4.05. The minimum absolute atomic E-state index is 0.194. The Bertz CT molecular complexity index is 1170. The largest absolute Gasteiger partial charge is 0.480 e. The number of nitrogens with zero attached hydrogens (tertiary/aromatic N) is 4. The third kappa shape index (κ3) is 3.18. The number of aliphatic carboxylic acids is 1. The number of fused-ring (bicyclic) bond motifs is 1. The summed E-state index contributed by atoms with van der Waals surface area (Å²) < 4.78 is 3.21. The molecule has 0 aliphatic carbocycles. The molecule has 2 amide bonds. The molecule has 29 heavy (non-hydrogen) atoms. The molecule has 0 saturated carbocycles. The van der Waals surface area contributed by atoms with Gasteiger partial charge in [0, 0.05) is 30.1 Å². The minimum atomic E-state index is -0.946. The predicted octanol–water partition coefficient (Wildman–Crippen LogP) is 1.66. The highest BCUT2D eigenvalue weighted by Crippen LogP contribution is 2.34. The molecular weight excluding hydrogens is 374 g/mol. The van der Waals surface area contributed by atoms with Crippen LogP contribution in [0, 0.1) is 13.8 Å². The third-order valence-electron chi connectivity index (χ3n) is 5.40. The quantitative estimate of drug-likeness (QED) is 0.649. The van der Waals surface area contributed by atoms with Crippen molar-refractivity contribution in [2.24, 2.45) is 7.05 Å². The number of imide groups is 1. The lowest BCUT2D eigenvalue weighted by molar-refractivity contribution is -0.138. The normalized spacial score (nSPS) is 17.0. The second-order valence-corrected chi connectivity index (χ2v) is 7.34. The van der Waals surface area contributed by atoms with E-state index in [9.17, 15) is 14.4 Å². The first-order valence-electron chi connectivity index (χ1n) is 9.32. The number of piperidine rings is 1. The Morgan fingerprint density at radius 1 is 1.28 bits per heavy atom. The molecule has 1 saturated heterocycles. The Morgan fingerprint density at radius 2 is 2.03 bits per heavy atom. The molecule has 9 nitrogen and oxygen atoms in total. The molecule has 1 aliphatic heterocycles. The molecule has 1 fully saturated rings. The second-order valence-electron chi connectivity index (χ2n) is 7.34. The van der Waals surface area contributed by atoms with Crippen molar-refractivity contribution in [1.29, 1.82) is 0 Å². The highest BCUT2D eigenvalue weighted by molar-refractivity contribution is 6.02. The fraction of sp³-hybridized carbons (Fsp3) is 0.350. The van der Waals surface area contributed by atoms with Crippen molar-refractivity contribution in [3.8, 4) is 11.1 Å². The van der Waals surface area contributed by atoms with Gasteiger partial charge < -0.3 is 5.11 Å². The third-order valence-corrected chi connectivity index (χ3v) is 5.40. The number of hydrogen-bond donors (Lipinski definition) is 2. The van der Waals surface area contributed by atoms with Crippen LogP contribution in [0.1, 0.15) is 35.8 Å². The van der Waals surface area contributed by atoms with Crippen molar-refractivity contribution in [1.82, 2.24) is 24.9 Å². The number of nitrogens with one attached hydrogen (secondary N) is 1. The van der Waals surface area contributed by atoms with Gasteiger partial charge in [0.25, 0.3) is 0 Å². The van der Waals surface area contributed by atoms with Gasteiger partial charge in [0.05, 0.1) is 22.8 Å². The number of hydrogen-bond acceptors (Lipinski definition) is 5. The lowest BCUT2D eigenvalue weighted by Crippen LogP contribution is -2.39. The van der Waals surface area contributed by atoms with Crippen LogP contribution < -0.4 is 5.32 Å². The first kappa shape index (κ1) is 18.9. The maximum Gasteiger partial charge on any atom is 0.325 e. The summed E-state index contributed by atoms with van der Waals surface area (Å²) in [5.41, 5.74) is 4.83. The number of carboxylic acids is 1. The summed E-state index contributed by atoms with van der Waals surface area (Å²) in [7, 11) is 1.81. The van der Waals surface area contributed by atoms with E-state index in [-0.39, 0.29) is 18.4 Å². The zero-order valence-corrected chi connectivity index (χ0v) is 16.4. The smallest absolute Gasteiger partial charge is 0.325 e. The Balaban J connectivity index is 1.78. The number of carbonyl (C=O) groups excluding carboxylic acids is 2. The summed E-state index contributed by atoms with van der Waals surface area (Å²) in [4.78, 5) is 34.8. The summed E-state index contributed by atoms with van der Waals surface area (Å²) in [5.74, 6) is -1.97.